The molecule has 1 amide bonds. The Balaban J connectivity index is 2.12. The zero-order valence-corrected chi connectivity index (χ0v) is 15.9. The summed E-state index contributed by atoms with van der Waals surface area (Å²) < 4.78 is 0.187. The van der Waals surface area contributed by atoms with Crippen molar-refractivity contribution in [2.75, 3.05) is 12.8 Å². The number of carbonyl (C=O) groups is 1. The highest BCUT2D eigenvalue weighted by molar-refractivity contribution is 5.95. The number of fused-ring (bicyclic) bond motifs is 1. The molecule has 0 radical (unpaired) electrons. The normalized spacial score (nSPS) is 25.2. The van der Waals surface area contributed by atoms with Gasteiger partial charge in [0.05, 0.1) is 12.5 Å². The van der Waals surface area contributed by atoms with Gasteiger partial charge in [-0.25, -0.2) is 9.28 Å². The molecule has 3 atom stereocenters. The van der Waals surface area contributed by atoms with Crippen LogP contribution in [0.3, 0.4) is 0 Å². The highest BCUT2D eigenvalue weighted by Crippen LogP contribution is 2.49. The lowest BCUT2D eigenvalue weighted by molar-refractivity contribution is -0.131. The van der Waals surface area contributed by atoms with E-state index in [1.165, 1.54) is 5.56 Å². The number of hydrogen-bond donors (Lipinski definition) is 2. The summed E-state index contributed by atoms with van der Waals surface area (Å²) in [5, 5.41) is 0. The molecule has 4 heteroatoms. The molecule has 4 nitrogen and oxygen atoms in total. The van der Waals surface area contributed by atoms with Gasteiger partial charge in [0.1, 0.15) is 17.8 Å². The Labute approximate surface area is 155 Å². The molecule has 0 spiro atoms. The third-order valence-electron chi connectivity index (χ3n) is 5.65. The molecule has 0 aliphatic carbocycles. The summed E-state index contributed by atoms with van der Waals surface area (Å²) in [7, 11) is 1.98. The molecular weight excluding hydrogens is 322 g/mol. The van der Waals surface area contributed by atoms with Crippen molar-refractivity contribution < 1.29 is 4.79 Å². The topological polar surface area (TPSA) is 69.1 Å². The fourth-order valence-electron chi connectivity index (χ4n) is 4.28. The van der Waals surface area contributed by atoms with Crippen molar-refractivity contribution >= 4 is 23.4 Å². The minimum absolute atomic E-state index is 0.0231. The van der Waals surface area contributed by atoms with Crippen LogP contribution in [0.15, 0.2) is 54.6 Å². The van der Waals surface area contributed by atoms with Crippen molar-refractivity contribution in [2.45, 2.75) is 38.3 Å². The van der Waals surface area contributed by atoms with E-state index < -0.39 is 6.04 Å². The van der Waals surface area contributed by atoms with Gasteiger partial charge >= 0.3 is 5.91 Å². The van der Waals surface area contributed by atoms with Crippen LogP contribution in [-0.4, -0.2) is 25.0 Å². The SMILES string of the molecule is C[C@H](N)C(=O)[N+]1(C)c2ccccc2C(C)(C)C1/C=C/c1ccc(N)cc1. The van der Waals surface area contributed by atoms with Crippen molar-refractivity contribution in [3.8, 4) is 0 Å². The smallest absolute Gasteiger partial charge is 0.335 e. The van der Waals surface area contributed by atoms with Gasteiger partial charge in [-0.3, -0.25) is 0 Å². The number of rotatable bonds is 3. The lowest BCUT2D eigenvalue weighted by Crippen LogP contribution is -2.62. The van der Waals surface area contributed by atoms with E-state index in [4.69, 9.17) is 11.5 Å². The molecule has 1 heterocycles. The molecule has 0 fully saturated rings. The largest absolute Gasteiger partial charge is 0.399 e. The predicted octanol–water partition coefficient (Wildman–Crippen LogP) is 3.45. The Morgan fingerprint density at radius 3 is 2.38 bits per heavy atom. The molecule has 0 bridgehead atoms. The highest BCUT2D eigenvalue weighted by atomic mass is 16.2. The van der Waals surface area contributed by atoms with E-state index in [9.17, 15) is 4.79 Å². The lowest BCUT2D eigenvalue weighted by atomic mass is 9.80. The van der Waals surface area contributed by atoms with Crippen LogP contribution < -0.4 is 16.0 Å². The molecule has 4 N–H and O–H groups in total. The molecule has 1 aliphatic rings. The lowest BCUT2D eigenvalue weighted by Gasteiger charge is -2.37. The number of anilines is 1. The molecule has 2 unspecified atom stereocenters. The molecule has 2 aromatic carbocycles. The molecule has 2 aromatic rings. The van der Waals surface area contributed by atoms with Gasteiger partial charge < -0.3 is 11.5 Å². The number of carbonyl (C=O) groups excluding carboxylic acids is 1. The van der Waals surface area contributed by atoms with Crippen LogP contribution in [0.5, 0.6) is 0 Å². The number of benzene rings is 2. The fourth-order valence-corrected chi connectivity index (χ4v) is 4.28. The van der Waals surface area contributed by atoms with Crippen molar-refractivity contribution in [2.24, 2.45) is 5.73 Å². The molecule has 3 rings (SSSR count). The second kappa shape index (κ2) is 6.38. The maximum atomic E-state index is 13.2. The Hall–Kier alpha value is -2.43. The first-order chi connectivity index (χ1) is 12.2. The molecule has 0 saturated heterocycles. The zero-order chi connectivity index (χ0) is 19.1. The zero-order valence-electron chi connectivity index (χ0n) is 15.9. The van der Waals surface area contributed by atoms with Crippen LogP contribution in [0.4, 0.5) is 11.4 Å². The summed E-state index contributed by atoms with van der Waals surface area (Å²) in [6.45, 7) is 6.16. The van der Waals surface area contributed by atoms with Gasteiger partial charge in [-0.15, -0.1) is 0 Å². The van der Waals surface area contributed by atoms with Gasteiger partial charge in [0.15, 0.2) is 0 Å². The maximum absolute atomic E-state index is 13.2. The van der Waals surface area contributed by atoms with Crippen LogP contribution in [0.2, 0.25) is 0 Å². The fraction of sp³-hybridized carbons (Fsp3) is 0.318. The first-order valence-corrected chi connectivity index (χ1v) is 8.99. The van der Waals surface area contributed by atoms with E-state index in [1.807, 2.05) is 43.4 Å². The molecule has 0 aromatic heterocycles. The summed E-state index contributed by atoms with van der Waals surface area (Å²) in [6.07, 6.45) is 4.22. The Kier molecular flexibility index (Phi) is 4.51. The molecule has 26 heavy (non-hydrogen) atoms. The Morgan fingerprint density at radius 2 is 1.77 bits per heavy atom. The number of hydrogen-bond acceptors (Lipinski definition) is 3. The van der Waals surface area contributed by atoms with E-state index in [2.05, 4.69) is 38.1 Å². The first-order valence-electron chi connectivity index (χ1n) is 8.99. The average molecular weight is 350 g/mol. The average Bonchev–Trinajstić information content (AvgIpc) is 2.79. The maximum Gasteiger partial charge on any atom is 0.335 e. The van der Waals surface area contributed by atoms with Gasteiger partial charge in [0.2, 0.25) is 0 Å². The van der Waals surface area contributed by atoms with Gasteiger partial charge in [-0.2, -0.15) is 0 Å². The number of nitrogen functional groups attached to an aromatic ring is 1. The quantitative estimate of drug-likeness (QED) is 0.658. The van der Waals surface area contributed by atoms with Gasteiger partial charge in [-0.1, -0.05) is 36.4 Å². The molecular formula is C22H28N3O+. The number of likely N-dealkylation sites (N-methyl/N-ethyl adjacent to an activating group) is 1. The predicted molar refractivity (Wildman–Crippen MR) is 110 cm³/mol. The Bertz CT molecular complexity index is 852. The van der Waals surface area contributed by atoms with Crippen molar-refractivity contribution in [1.29, 1.82) is 0 Å². The number of amides is 1. The molecule has 1 aliphatic heterocycles. The summed E-state index contributed by atoms with van der Waals surface area (Å²) >= 11 is 0. The van der Waals surface area contributed by atoms with E-state index in [0.29, 0.717) is 0 Å². The van der Waals surface area contributed by atoms with Crippen LogP contribution in [-0.2, 0) is 10.2 Å². The monoisotopic (exact) mass is 350 g/mol. The number of quaternary nitrogens is 1. The van der Waals surface area contributed by atoms with E-state index in [-0.39, 0.29) is 21.8 Å². The summed E-state index contributed by atoms with van der Waals surface area (Å²) in [5.41, 5.74) is 15.6. The van der Waals surface area contributed by atoms with Crippen LogP contribution in [0, 0.1) is 0 Å². The second-order valence-electron chi connectivity index (χ2n) is 7.91. The third kappa shape index (κ3) is 2.75. The number of nitrogens with two attached hydrogens (primary N) is 2. The standard InChI is InChI=1S/C22H28N3O/c1-15(23)21(26)25(4)19-8-6-5-7-18(19)22(2,3)20(25)14-11-16-9-12-17(24)13-10-16/h5-15,20H,23-24H2,1-4H3/q+1/b14-11+/t15-,20?,25?/m0/s1. The summed E-state index contributed by atoms with van der Waals surface area (Å²) in [5.74, 6) is 0.0231. The van der Waals surface area contributed by atoms with Crippen molar-refractivity contribution in [3.63, 3.8) is 0 Å². The Morgan fingerprint density at radius 1 is 1.15 bits per heavy atom. The first kappa shape index (κ1) is 18.4. The van der Waals surface area contributed by atoms with Gasteiger partial charge in [0, 0.05) is 11.3 Å². The highest BCUT2D eigenvalue weighted by Gasteiger charge is 2.58. The van der Waals surface area contributed by atoms with Crippen LogP contribution in [0.1, 0.15) is 31.9 Å². The number of para-hydroxylation sites is 1. The van der Waals surface area contributed by atoms with Crippen LogP contribution >= 0.6 is 0 Å². The summed E-state index contributed by atoms with van der Waals surface area (Å²) in [4.78, 5) is 13.2. The summed E-state index contributed by atoms with van der Waals surface area (Å²) in [6, 6.07) is 15.4. The van der Waals surface area contributed by atoms with Crippen LogP contribution in [0.25, 0.3) is 6.08 Å². The van der Waals surface area contributed by atoms with Gasteiger partial charge in [0.25, 0.3) is 0 Å². The van der Waals surface area contributed by atoms with Crippen molar-refractivity contribution in [1.82, 2.24) is 4.48 Å². The van der Waals surface area contributed by atoms with E-state index in [0.717, 1.165) is 16.9 Å². The molecule has 0 saturated carbocycles. The molecule has 136 valence electrons. The van der Waals surface area contributed by atoms with E-state index in [1.54, 1.807) is 6.92 Å². The van der Waals surface area contributed by atoms with Gasteiger partial charge in [-0.05, 0) is 50.6 Å². The van der Waals surface area contributed by atoms with E-state index >= 15 is 0 Å². The third-order valence-corrected chi connectivity index (χ3v) is 5.65. The number of nitrogens with zero attached hydrogens (tertiary/aromatic N) is 1. The second-order valence-corrected chi connectivity index (χ2v) is 7.91. The minimum Gasteiger partial charge on any atom is -0.399 e. The van der Waals surface area contributed by atoms with Crippen molar-refractivity contribution in [3.05, 3.63) is 65.7 Å². The minimum atomic E-state index is -0.533.